The normalized spacial score (nSPS) is 13.0. The molecule has 7 heteroatoms. The summed E-state index contributed by atoms with van der Waals surface area (Å²) < 4.78 is 66.8. The summed E-state index contributed by atoms with van der Waals surface area (Å²) in [6.07, 6.45) is -0.997. The lowest BCUT2D eigenvalue weighted by molar-refractivity contribution is -0.137. The van der Waals surface area contributed by atoms with Crippen molar-refractivity contribution in [2.45, 2.75) is 52.8 Å². The van der Waals surface area contributed by atoms with E-state index in [0.717, 1.165) is 24.3 Å². The SMILES string of the molecule is CCc1cc(C(F)(F)F)cc(CC)c1/C=C/C(=O)N[C@H](C)c1cc(F)c(C)c(F)c1. The van der Waals surface area contributed by atoms with E-state index in [9.17, 15) is 26.7 Å². The minimum Gasteiger partial charge on any atom is -0.346 e. The fourth-order valence-electron chi connectivity index (χ4n) is 3.16. The monoisotopic (exact) mass is 425 g/mol. The fraction of sp³-hybridized carbons (Fsp3) is 0.348. The third-order valence-corrected chi connectivity index (χ3v) is 5.00. The second-order valence-corrected chi connectivity index (χ2v) is 7.09. The lowest BCUT2D eigenvalue weighted by Crippen LogP contribution is -2.25. The van der Waals surface area contributed by atoms with E-state index in [-0.39, 0.29) is 11.1 Å². The first-order chi connectivity index (χ1) is 14.0. The number of halogens is 5. The van der Waals surface area contributed by atoms with E-state index >= 15 is 0 Å². The van der Waals surface area contributed by atoms with Gasteiger partial charge in [0.2, 0.25) is 5.91 Å². The molecule has 0 spiro atoms. The Kier molecular flexibility index (Phi) is 7.39. The lowest BCUT2D eigenvalue weighted by atomic mass is 9.94. The Morgan fingerprint density at radius 2 is 1.53 bits per heavy atom. The van der Waals surface area contributed by atoms with Gasteiger partial charge in [-0.1, -0.05) is 13.8 Å². The molecule has 162 valence electrons. The Labute approximate surface area is 172 Å². The summed E-state index contributed by atoms with van der Waals surface area (Å²) in [7, 11) is 0. The van der Waals surface area contributed by atoms with Gasteiger partial charge < -0.3 is 5.32 Å². The zero-order chi connectivity index (χ0) is 22.6. The Morgan fingerprint density at radius 3 is 1.97 bits per heavy atom. The average molecular weight is 425 g/mol. The number of rotatable bonds is 6. The summed E-state index contributed by atoms with van der Waals surface area (Å²) in [5.74, 6) is -1.92. The summed E-state index contributed by atoms with van der Waals surface area (Å²) in [5.41, 5.74) is 1.01. The van der Waals surface area contributed by atoms with Gasteiger partial charge in [0.25, 0.3) is 0 Å². The van der Waals surface area contributed by atoms with Crippen LogP contribution < -0.4 is 5.32 Å². The maximum atomic E-state index is 13.7. The molecule has 2 rings (SSSR count). The van der Waals surface area contributed by atoms with E-state index in [0.29, 0.717) is 29.5 Å². The zero-order valence-electron chi connectivity index (χ0n) is 17.3. The van der Waals surface area contributed by atoms with Crippen LogP contribution in [0.5, 0.6) is 0 Å². The van der Waals surface area contributed by atoms with E-state index in [1.165, 1.54) is 19.1 Å². The summed E-state index contributed by atoms with van der Waals surface area (Å²) in [5, 5.41) is 2.61. The molecule has 1 N–H and O–H groups in total. The molecule has 0 saturated carbocycles. The summed E-state index contributed by atoms with van der Waals surface area (Å²) in [6.45, 7) is 6.40. The Hall–Kier alpha value is -2.70. The highest BCUT2D eigenvalue weighted by atomic mass is 19.4. The van der Waals surface area contributed by atoms with E-state index in [2.05, 4.69) is 5.32 Å². The Balaban J connectivity index is 2.25. The molecular formula is C23H24F5NO. The maximum absolute atomic E-state index is 13.7. The van der Waals surface area contributed by atoms with Crippen molar-refractivity contribution < 1.29 is 26.7 Å². The number of amides is 1. The van der Waals surface area contributed by atoms with Crippen LogP contribution in [-0.4, -0.2) is 5.91 Å². The van der Waals surface area contributed by atoms with Crippen LogP contribution in [0.25, 0.3) is 6.08 Å². The first-order valence-corrected chi connectivity index (χ1v) is 9.65. The van der Waals surface area contributed by atoms with Gasteiger partial charge in [0.15, 0.2) is 0 Å². The lowest BCUT2D eigenvalue weighted by Gasteiger charge is -2.16. The zero-order valence-corrected chi connectivity index (χ0v) is 17.3. The van der Waals surface area contributed by atoms with Crippen molar-refractivity contribution in [3.63, 3.8) is 0 Å². The highest BCUT2D eigenvalue weighted by Crippen LogP contribution is 2.33. The van der Waals surface area contributed by atoms with Gasteiger partial charge in [0.05, 0.1) is 11.6 Å². The molecule has 0 fully saturated rings. The van der Waals surface area contributed by atoms with Crippen molar-refractivity contribution in [3.8, 4) is 0 Å². The molecule has 0 aromatic heterocycles. The number of benzene rings is 2. The molecule has 0 aliphatic carbocycles. The van der Waals surface area contributed by atoms with E-state index in [1.54, 1.807) is 20.8 Å². The van der Waals surface area contributed by atoms with Crippen LogP contribution in [0.1, 0.15) is 60.2 Å². The molecule has 2 aromatic carbocycles. The van der Waals surface area contributed by atoms with Gasteiger partial charge in [-0.15, -0.1) is 0 Å². The molecule has 2 aromatic rings. The van der Waals surface area contributed by atoms with Crippen LogP contribution in [-0.2, 0) is 23.8 Å². The molecular weight excluding hydrogens is 401 g/mol. The Morgan fingerprint density at radius 1 is 1.03 bits per heavy atom. The van der Waals surface area contributed by atoms with Crippen molar-refractivity contribution >= 4 is 12.0 Å². The Bertz CT molecular complexity index is 915. The highest BCUT2D eigenvalue weighted by molar-refractivity contribution is 5.92. The smallest absolute Gasteiger partial charge is 0.346 e. The molecule has 0 aliphatic rings. The average Bonchev–Trinajstić information content (AvgIpc) is 2.68. The molecule has 0 heterocycles. The van der Waals surface area contributed by atoms with Crippen molar-refractivity contribution in [2.75, 3.05) is 0 Å². The molecule has 0 aliphatic heterocycles. The molecule has 0 unspecified atom stereocenters. The third kappa shape index (κ3) is 5.46. The number of alkyl halides is 3. The van der Waals surface area contributed by atoms with Gasteiger partial charge in [-0.05, 0) is 79.3 Å². The van der Waals surface area contributed by atoms with Gasteiger partial charge in [0.1, 0.15) is 11.6 Å². The molecule has 30 heavy (non-hydrogen) atoms. The predicted molar refractivity (Wildman–Crippen MR) is 107 cm³/mol. The number of carbonyl (C=O) groups is 1. The number of hydrogen-bond acceptors (Lipinski definition) is 1. The molecule has 2 nitrogen and oxygen atoms in total. The first kappa shape index (κ1) is 23.6. The van der Waals surface area contributed by atoms with Crippen LogP contribution >= 0.6 is 0 Å². The molecule has 0 saturated heterocycles. The topological polar surface area (TPSA) is 29.1 Å². The molecule has 0 radical (unpaired) electrons. The first-order valence-electron chi connectivity index (χ1n) is 9.65. The van der Waals surface area contributed by atoms with Crippen LogP contribution in [0.3, 0.4) is 0 Å². The maximum Gasteiger partial charge on any atom is 0.416 e. The van der Waals surface area contributed by atoms with Gasteiger partial charge in [-0.25, -0.2) is 8.78 Å². The molecule has 0 bridgehead atoms. The number of carbonyl (C=O) groups excluding carboxylic acids is 1. The van der Waals surface area contributed by atoms with Gasteiger partial charge in [-0.3, -0.25) is 4.79 Å². The highest BCUT2D eigenvalue weighted by Gasteiger charge is 2.31. The fourth-order valence-corrected chi connectivity index (χ4v) is 3.16. The van der Waals surface area contributed by atoms with Gasteiger partial charge in [0, 0.05) is 11.6 Å². The second kappa shape index (κ2) is 9.41. The van der Waals surface area contributed by atoms with Crippen LogP contribution in [0.4, 0.5) is 22.0 Å². The standard InChI is InChI=1S/C23H24F5NO/c1-5-15-9-18(23(26,27)28)10-16(6-2)19(15)7-8-22(30)29-14(4)17-11-20(24)13(3)21(25)12-17/h7-12,14H,5-6H2,1-4H3,(H,29,30)/b8-7+/t14-/m1/s1. The largest absolute Gasteiger partial charge is 0.416 e. The minimum atomic E-state index is -4.44. The van der Waals surface area contributed by atoms with Gasteiger partial charge in [-0.2, -0.15) is 13.2 Å². The van der Waals surface area contributed by atoms with Crippen molar-refractivity contribution in [2.24, 2.45) is 0 Å². The number of nitrogens with one attached hydrogen (secondary N) is 1. The van der Waals surface area contributed by atoms with Crippen LogP contribution in [0, 0.1) is 18.6 Å². The number of aryl methyl sites for hydroxylation is 2. The van der Waals surface area contributed by atoms with Gasteiger partial charge >= 0.3 is 6.18 Å². The summed E-state index contributed by atoms with van der Waals surface area (Å²) in [4.78, 5) is 12.3. The van der Waals surface area contributed by atoms with Crippen LogP contribution in [0.15, 0.2) is 30.3 Å². The quantitative estimate of drug-likeness (QED) is 0.427. The molecule has 1 amide bonds. The van der Waals surface area contributed by atoms with Crippen molar-refractivity contribution in [1.29, 1.82) is 0 Å². The second-order valence-electron chi connectivity index (χ2n) is 7.09. The molecule has 1 atom stereocenters. The number of hydrogen-bond donors (Lipinski definition) is 1. The van der Waals surface area contributed by atoms with E-state index in [1.807, 2.05) is 0 Å². The van der Waals surface area contributed by atoms with Crippen LogP contribution in [0.2, 0.25) is 0 Å². The third-order valence-electron chi connectivity index (χ3n) is 5.00. The van der Waals surface area contributed by atoms with E-state index in [4.69, 9.17) is 0 Å². The minimum absolute atomic E-state index is 0.0985. The summed E-state index contributed by atoms with van der Waals surface area (Å²) in [6, 6.07) is 3.85. The van der Waals surface area contributed by atoms with E-state index < -0.39 is 35.3 Å². The predicted octanol–water partition coefficient (Wildman–Crippen LogP) is 6.31. The van der Waals surface area contributed by atoms with Crippen molar-refractivity contribution in [1.82, 2.24) is 5.32 Å². The van der Waals surface area contributed by atoms with Crippen molar-refractivity contribution in [3.05, 3.63) is 75.4 Å². The summed E-state index contributed by atoms with van der Waals surface area (Å²) >= 11 is 0.